The van der Waals surface area contributed by atoms with Gasteiger partial charge in [-0.15, -0.1) is 0 Å². The molecule has 2 aromatic carbocycles. The molecule has 4 rings (SSSR count). The average Bonchev–Trinajstić information content (AvgIpc) is 3.39. The molecule has 0 saturated carbocycles. The maximum Gasteiger partial charge on any atom is 0.211 e. The molecule has 2 fully saturated rings. The number of carbonyl (C=O) groups is 2. The number of rotatable bonds is 9. The SMILES string of the molecule is CC(C)(C)C.O=CNCCCN1CCC(O)CC1.O=CNc1cc(Cl)c(F)cc1[C@@H]1CNC[C@@H]1c1cccc(Cl)c1. The monoisotopic (exact) mass is 610 g/mol. The van der Waals surface area contributed by atoms with Gasteiger partial charge in [0.15, 0.2) is 0 Å². The minimum atomic E-state index is -0.491. The Morgan fingerprint density at radius 2 is 1.71 bits per heavy atom. The summed E-state index contributed by atoms with van der Waals surface area (Å²) in [4.78, 5) is 23.1. The van der Waals surface area contributed by atoms with E-state index in [2.05, 4.69) is 48.5 Å². The van der Waals surface area contributed by atoms with Crippen molar-refractivity contribution in [3.63, 3.8) is 0 Å². The number of halogens is 3. The van der Waals surface area contributed by atoms with E-state index in [0.29, 0.717) is 29.1 Å². The fourth-order valence-corrected chi connectivity index (χ4v) is 5.12. The summed E-state index contributed by atoms with van der Waals surface area (Å²) < 4.78 is 14.0. The molecule has 0 aliphatic carbocycles. The Balaban J connectivity index is 0.000000275. The van der Waals surface area contributed by atoms with Crippen molar-refractivity contribution in [2.75, 3.05) is 44.6 Å². The van der Waals surface area contributed by atoms with Crippen LogP contribution in [0.1, 0.15) is 69.9 Å². The van der Waals surface area contributed by atoms with E-state index in [1.165, 1.54) is 12.1 Å². The third-order valence-corrected chi connectivity index (χ3v) is 7.16. The largest absolute Gasteiger partial charge is 0.393 e. The molecular weight excluding hydrogens is 566 g/mol. The smallest absolute Gasteiger partial charge is 0.211 e. The second-order valence-electron chi connectivity index (χ2n) is 12.0. The van der Waals surface area contributed by atoms with Gasteiger partial charge in [-0.1, -0.05) is 63.0 Å². The molecule has 0 radical (unpaired) electrons. The standard InChI is InChI=1S/C17H15Cl2FN2O.C9H18N2O2.C5H12/c18-11-3-1-2-10(4-11)13-7-21-8-14(13)12-5-16(20)15(19)6-17(12)22-9-23;12-8-10-4-1-5-11-6-2-9(13)3-7-11;1-5(2,3)4/h1-6,9,13-14,21H,7-8H2,(H,22,23);8-9,13H,1-7H2,(H,10,12);1-4H3/t13-,14+;;/m1../s1. The van der Waals surface area contributed by atoms with E-state index >= 15 is 0 Å². The quantitative estimate of drug-likeness (QED) is 0.213. The Labute approximate surface area is 254 Å². The third kappa shape index (κ3) is 13.1. The number of likely N-dealkylation sites (tertiary alicyclic amines) is 1. The lowest BCUT2D eigenvalue weighted by Gasteiger charge is -2.29. The number of nitrogens with one attached hydrogen (secondary N) is 3. The maximum absolute atomic E-state index is 14.0. The van der Waals surface area contributed by atoms with Crippen LogP contribution in [-0.2, 0) is 9.59 Å². The predicted octanol–water partition coefficient (Wildman–Crippen LogP) is 5.80. The zero-order chi connectivity index (χ0) is 30.4. The van der Waals surface area contributed by atoms with Crippen LogP contribution in [0.4, 0.5) is 10.1 Å². The summed E-state index contributed by atoms with van der Waals surface area (Å²) >= 11 is 11.9. The zero-order valence-corrected chi connectivity index (χ0v) is 26.1. The number of nitrogens with zero attached hydrogens (tertiary/aromatic N) is 1. The van der Waals surface area contributed by atoms with Gasteiger partial charge in [-0.2, -0.15) is 0 Å². The number of anilines is 1. The first kappa shape index (κ1) is 35.0. The summed E-state index contributed by atoms with van der Waals surface area (Å²) in [5, 5.41) is 18.5. The fourth-order valence-electron chi connectivity index (χ4n) is 4.76. The van der Waals surface area contributed by atoms with Crippen LogP contribution in [-0.4, -0.2) is 68.2 Å². The Hall–Kier alpha value is -2.23. The highest BCUT2D eigenvalue weighted by Crippen LogP contribution is 2.41. The Bertz CT molecular complexity index is 1090. The van der Waals surface area contributed by atoms with Crippen molar-refractivity contribution in [1.29, 1.82) is 0 Å². The molecule has 41 heavy (non-hydrogen) atoms. The molecule has 4 N–H and O–H groups in total. The molecule has 7 nitrogen and oxygen atoms in total. The van der Waals surface area contributed by atoms with Crippen molar-refractivity contribution < 1.29 is 19.1 Å². The van der Waals surface area contributed by atoms with Gasteiger partial charge in [-0.25, -0.2) is 4.39 Å². The predicted molar refractivity (Wildman–Crippen MR) is 166 cm³/mol. The number of hydrogen-bond acceptors (Lipinski definition) is 5. The molecule has 2 aliphatic rings. The van der Waals surface area contributed by atoms with E-state index in [0.717, 1.165) is 69.5 Å². The number of amides is 2. The van der Waals surface area contributed by atoms with Crippen molar-refractivity contribution in [2.45, 2.75) is 64.9 Å². The molecule has 2 aromatic rings. The van der Waals surface area contributed by atoms with E-state index < -0.39 is 5.82 Å². The van der Waals surface area contributed by atoms with Crippen LogP contribution in [0.5, 0.6) is 0 Å². The number of aliphatic hydroxyl groups is 1. The Morgan fingerprint density at radius 1 is 1.05 bits per heavy atom. The number of hydrogen-bond donors (Lipinski definition) is 4. The lowest BCUT2D eigenvalue weighted by atomic mass is 9.83. The molecule has 0 unspecified atom stereocenters. The van der Waals surface area contributed by atoms with Crippen LogP contribution >= 0.6 is 23.2 Å². The van der Waals surface area contributed by atoms with Gasteiger partial charge in [0.25, 0.3) is 0 Å². The van der Waals surface area contributed by atoms with Crippen molar-refractivity contribution >= 4 is 41.7 Å². The summed E-state index contributed by atoms with van der Waals surface area (Å²) in [7, 11) is 0. The summed E-state index contributed by atoms with van der Waals surface area (Å²) in [5.74, 6) is -0.334. The fraction of sp³-hybridized carbons (Fsp3) is 0.548. The first-order chi connectivity index (χ1) is 19.4. The van der Waals surface area contributed by atoms with Gasteiger partial charge >= 0.3 is 0 Å². The Morgan fingerprint density at radius 3 is 2.32 bits per heavy atom. The van der Waals surface area contributed by atoms with E-state index in [-0.39, 0.29) is 23.0 Å². The van der Waals surface area contributed by atoms with E-state index in [1.807, 2.05) is 24.3 Å². The number of benzene rings is 2. The van der Waals surface area contributed by atoms with Crippen molar-refractivity contribution in [3.05, 3.63) is 63.4 Å². The topological polar surface area (TPSA) is 93.7 Å². The summed E-state index contributed by atoms with van der Waals surface area (Å²) in [5.41, 5.74) is 2.85. The molecule has 0 bridgehead atoms. The molecule has 10 heteroatoms. The van der Waals surface area contributed by atoms with Crippen LogP contribution in [0, 0.1) is 11.2 Å². The summed E-state index contributed by atoms with van der Waals surface area (Å²) in [6.07, 6.45) is 3.99. The summed E-state index contributed by atoms with van der Waals surface area (Å²) in [6, 6.07) is 10.5. The molecule has 0 aromatic heterocycles. The van der Waals surface area contributed by atoms with Crippen molar-refractivity contribution in [1.82, 2.24) is 15.5 Å². The molecular formula is C31H45Cl2FN4O3. The Kier molecular flexibility index (Phi) is 15.1. The maximum atomic E-state index is 14.0. The van der Waals surface area contributed by atoms with Gasteiger partial charge in [-0.05, 0) is 66.6 Å². The molecule has 2 amide bonds. The van der Waals surface area contributed by atoms with E-state index in [4.69, 9.17) is 23.2 Å². The minimum absolute atomic E-state index is 0.0108. The van der Waals surface area contributed by atoms with Crippen LogP contribution in [0.3, 0.4) is 0 Å². The lowest BCUT2D eigenvalue weighted by molar-refractivity contribution is -0.109. The summed E-state index contributed by atoms with van der Waals surface area (Å²) in [6.45, 7) is 13.9. The van der Waals surface area contributed by atoms with Gasteiger partial charge in [0.2, 0.25) is 12.8 Å². The number of piperidine rings is 1. The third-order valence-electron chi connectivity index (χ3n) is 6.63. The number of carbonyl (C=O) groups excluding carboxylic acids is 2. The first-order valence-corrected chi connectivity index (χ1v) is 14.9. The molecule has 2 saturated heterocycles. The van der Waals surface area contributed by atoms with Gasteiger partial charge in [0.1, 0.15) is 5.82 Å². The van der Waals surface area contributed by atoms with Gasteiger partial charge in [0, 0.05) is 55.3 Å². The normalized spacial score (nSPS) is 19.3. The second kappa shape index (κ2) is 17.7. The van der Waals surface area contributed by atoms with E-state index in [9.17, 15) is 19.1 Å². The van der Waals surface area contributed by atoms with Crippen LogP contribution in [0.25, 0.3) is 0 Å². The van der Waals surface area contributed by atoms with Gasteiger partial charge < -0.3 is 26.0 Å². The first-order valence-electron chi connectivity index (χ1n) is 14.2. The number of aliphatic hydroxyl groups excluding tert-OH is 1. The highest BCUT2D eigenvalue weighted by atomic mass is 35.5. The molecule has 0 spiro atoms. The molecule has 228 valence electrons. The molecule has 2 aliphatic heterocycles. The average molecular weight is 612 g/mol. The van der Waals surface area contributed by atoms with Crippen molar-refractivity contribution in [2.24, 2.45) is 5.41 Å². The zero-order valence-electron chi connectivity index (χ0n) is 24.6. The highest BCUT2D eigenvalue weighted by molar-refractivity contribution is 6.31. The van der Waals surface area contributed by atoms with Crippen LogP contribution in [0.2, 0.25) is 10.0 Å². The molecule has 2 heterocycles. The van der Waals surface area contributed by atoms with Crippen molar-refractivity contribution in [3.8, 4) is 0 Å². The van der Waals surface area contributed by atoms with E-state index in [1.54, 1.807) is 0 Å². The lowest BCUT2D eigenvalue weighted by Crippen LogP contribution is -2.37. The van der Waals surface area contributed by atoms with Crippen LogP contribution < -0.4 is 16.0 Å². The van der Waals surface area contributed by atoms with Crippen LogP contribution in [0.15, 0.2) is 36.4 Å². The van der Waals surface area contributed by atoms with Gasteiger partial charge in [-0.3, -0.25) is 9.59 Å². The highest BCUT2D eigenvalue weighted by Gasteiger charge is 2.32. The van der Waals surface area contributed by atoms with Gasteiger partial charge in [0.05, 0.1) is 11.1 Å². The second-order valence-corrected chi connectivity index (χ2v) is 12.9. The molecule has 2 atom stereocenters. The minimum Gasteiger partial charge on any atom is -0.393 e.